The van der Waals surface area contributed by atoms with Gasteiger partial charge in [0.2, 0.25) is 0 Å². The first-order valence-corrected chi connectivity index (χ1v) is 10.4. The van der Waals surface area contributed by atoms with Gasteiger partial charge in [-0.15, -0.1) is 15.3 Å². The van der Waals surface area contributed by atoms with Crippen LogP contribution in [0, 0.1) is 0 Å². The molecule has 0 aliphatic carbocycles. The number of aryl methyl sites for hydroxylation is 1. The molecule has 0 N–H and O–H groups in total. The van der Waals surface area contributed by atoms with Gasteiger partial charge in [-0.3, -0.25) is 9.69 Å². The van der Waals surface area contributed by atoms with Crippen LogP contribution >= 0.6 is 0 Å². The Morgan fingerprint density at radius 3 is 2.62 bits per heavy atom. The first-order chi connectivity index (χ1) is 14.2. The van der Waals surface area contributed by atoms with Crippen LogP contribution in [0.2, 0.25) is 0 Å². The molecule has 0 amide bonds. The van der Waals surface area contributed by atoms with Gasteiger partial charge in [0.05, 0.1) is 6.20 Å². The van der Waals surface area contributed by atoms with Crippen molar-refractivity contribution in [3.05, 3.63) is 46.1 Å². The molecule has 0 spiro atoms. The van der Waals surface area contributed by atoms with Crippen LogP contribution in [0.1, 0.15) is 43.0 Å². The van der Waals surface area contributed by atoms with Gasteiger partial charge in [-0.1, -0.05) is 0 Å². The summed E-state index contributed by atoms with van der Waals surface area (Å²) in [7, 11) is 1.67. The monoisotopic (exact) mass is 394 g/mol. The Morgan fingerprint density at radius 1 is 1.07 bits per heavy atom. The van der Waals surface area contributed by atoms with Gasteiger partial charge in [-0.05, 0) is 56.5 Å². The molecule has 5 heterocycles. The molecule has 2 aliphatic heterocycles. The van der Waals surface area contributed by atoms with Crippen molar-refractivity contribution in [3.63, 3.8) is 0 Å². The lowest BCUT2D eigenvalue weighted by atomic mass is 9.96. The lowest BCUT2D eigenvalue weighted by Crippen LogP contribution is -2.33. The lowest BCUT2D eigenvalue weighted by Gasteiger charge is -2.31. The topological polar surface area (TPSA) is 84.5 Å². The first-order valence-electron chi connectivity index (χ1n) is 10.4. The van der Waals surface area contributed by atoms with Crippen LogP contribution in [0.4, 0.5) is 5.82 Å². The molecule has 0 unspecified atom stereocenters. The fourth-order valence-electron chi connectivity index (χ4n) is 4.37. The summed E-state index contributed by atoms with van der Waals surface area (Å²) in [6, 6.07) is 5.75. The maximum Gasteiger partial charge on any atom is 0.266 e. The maximum absolute atomic E-state index is 11.8. The van der Waals surface area contributed by atoms with Crippen molar-refractivity contribution in [2.24, 2.45) is 7.05 Å². The van der Waals surface area contributed by atoms with E-state index >= 15 is 0 Å². The van der Waals surface area contributed by atoms with Crippen molar-refractivity contribution >= 4 is 11.5 Å². The van der Waals surface area contributed by atoms with Gasteiger partial charge in [0.15, 0.2) is 11.5 Å². The normalized spacial score (nSPS) is 18.7. The molecule has 152 valence electrons. The SMILES string of the molecule is Cn1ncc(CN2CCC(c3nnc4ccc(N5CCCC5)nn34)CC2)cc1=O. The number of anilines is 1. The first kappa shape index (κ1) is 18.2. The van der Waals surface area contributed by atoms with Crippen LogP contribution in [0.25, 0.3) is 5.65 Å². The Bertz CT molecular complexity index is 1060. The zero-order valence-electron chi connectivity index (χ0n) is 16.7. The molecule has 2 fully saturated rings. The molecular weight excluding hydrogens is 368 g/mol. The van der Waals surface area contributed by atoms with E-state index in [1.807, 2.05) is 10.6 Å². The Morgan fingerprint density at radius 2 is 1.86 bits per heavy atom. The zero-order chi connectivity index (χ0) is 19.8. The Labute approximate surface area is 169 Å². The van der Waals surface area contributed by atoms with E-state index in [2.05, 4.69) is 31.2 Å². The van der Waals surface area contributed by atoms with E-state index in [1.54, 1.807) is 19.3 Å². The van der Waals surface area contributed by atoms with Crippen molar-refractivity contribution in [2.75, 3.05) is 31.1 Å². The number of fused-ring (bicyclic) bond motifs is 1. The fourth-order valence-corrected chi connectivity index (χ4v) is 4.37. The van der Waals surface area contributed by atoms with Crippen LogP contribution in [0.3, 0.4) is 0 Å². The highest BCUT2D eigenvalue weighted by atomic mass is 16.1. The van der Waals surface area contributed by atoms with E-state index in [1.165, 1.54) is 17.5 Å². The summed E-state index contributed by atoms with van der Waals surface area (Å²) in [5, 5.41) is 17.8. The predicted molar refractivity (Wildman–Crippen MR) is 109 cm³/mol. The maximum atomic E-state index is 11.8. The van der Waals surface area contributed by atoms with Crippen molar-refractivity contribution in [1.82, 2.24) is 34.5 Å². The predicted octanol–water partition coefficient (Wildman–Crippen LogP) is 1.20. The molecular formula is C20H26N8O. The van der Waals surface area contributed by atoms with E-state index in [9.17, 15) is 4.79 Å². The molecule has 0 saturated carbocycles. The standard InChI is InChI=1S/C20H26N8O/c1-25-19(29)12-15(13-21-25)14-26-10-6-16(7-11-26)20-23-22-17-4-5-18(24-28(17)20)27-8-2-3-9-27/h4-5,12-13,16H,2-3,6-11,14H2,1H3. The van der Waals surface area contributed by atoms with E-state index in [0.29, 0.717) is 5.92 Å². The summed E-state index contributed by atoms with van der Waals surface area (Å²) in [4.78, 5) is 16.5. The number of hydrogen-bond acceptors (Lipinski definition) is 7. The average molecular weight is 394 g/mol. The van der Waals surface area contributed by atoms with Gasteiger partial charge in [0.1, 0.15) is 5.82 Å². The largest absolute Gasteiger partial charge is 0.355 e. The molecule has 0 aromatic carbocycles. The molecule has 0 atom stereocenters. The van der Waals surface area contributed by atoms with Gasteiger partial charge < -0.3 is 4.90 Å². The van der Waals surface area contributed by atoms with Crippen molar-refractivity contribution < 1.29 is 0 Å². The van der Waals surface area contributed by atoms with Gasteiger partial charge >= 0.3 is 0 Å². The van der Waals surface area contributed by atoms with Crippen LogP contribution in [-0.2, 0) is 13.6 Å². The third-order valence-electron chi connectivity index (χ3n) is 6.09. The summed E-state index contributed by atoms with van der Waals surface area (Å²) in [6.07, 6.45) is 6.26. The molecule has 9 nitrogen and oxygen atoms in total. The van der Waals surface area contributed by atoms with Crippen LogP contribution in [0.15, 0.2) is 29.2 Å². The van der Waals surface area contributed by atoms with Gasteiger partial charge in [0, 0.05) is 38.7 Å². The minimum Gasteiger partial charge on any atom is -0.355 e. The van der Waals surface area contributed by atoms with E-state index < -0.39 is 0 Å². The van der Waals surface area contributed by atoms with Crippen LogP contribution in [-0.4, -0.2) is 60.7 Å². The highest BCUT2D eigenvalue weighted by Gasteiger charge is 2.26. The lowest BCUT2D eigenvalue weighted by molar-refractivity contribution is 0.200. The minimum absolute atomic E-state index is 0.0628. The highest BCUT2D eigenvalue weighted by Crippen LogP contribution is 2.28. The van der Waals surface area contributed by atoms with Crippen LogP contribution in [0.5, 0.6) is 0 Å². The molecule has 29 heavy (non-hydrogen) atoms. The Balaban J connectivity index is 1.28. The summed E-state index contributed by atoms with van der Waals surface area (Å²) < 4.78 is 3.30. The molecule has 0 radical (unpaired) electrons. The average Bonchev–Trinajstić information content (AvgIpc) is 3.41. The summed E-state index contributed by atoms with van der Waals surface area (Å²) in [5.41, 5.74) is 1.72. The summed E-state index contributed by atoms with van der Waals surface area (Å²) >= 11 is 0. The number of nitrogens with zero attached hydrogens (tertiary/aromatic N) is 8. The summed E-state index contributed by atoms with van der Waals surface area (Å²) in [5.74, 6) is 2.34. The summed E-state index contributed by atoms with van der Waals surface area (Å²) in [6.45, 7) is 4.83. The number of piperidine rings is 1. The van der Waals surface area contributed by atoms with E-state index in [-0.39, 0.29) is 5.56 Å². The van der Waals surface area contributed by atoms with E-state index in [4.69, 9.17) is 5.10 Å². The number of aromatic nitrogens is 6. The number of rotatable bonds is 4. The highest BCUT2D eigenvalue weighted by molar-refractivity contribution is 5.46. The molecule has 2 aliphatic rings. The minimum atomic E-state index is -0.0628. The third-order valence-corrected chi connectivity index (χ3v) is 6.09. The second-order valence-corrected chi connectivity index (χ2v) is 8.09. The fraction of sp³-hybridized carbons (Fsp3) is 0.550. The van der Waals surface area contributed by atoms with Gasteiger partial charge in [-0.2, -0.15) is 9.61 Å². The quantitative estimate of drug-likeness (QED) is 0.657. The Kier molecular flexibility index (Phi) is 4.75. The molecule has 9 heteroatoms. The second kappa shape index (κ2) is 7.55. The number of likely N-dealkylation sites (tertiary alicyclic amines) is 1. The van der Waals surface area contributed by atoms with Crippen LogP contribution < -0.4 is 10.5 Å². The molecule has 3 aromatic heterocycles. The Hall–Kier alpha value is -2.81. The second-order valence-electron chi connectivity index (χ2n) is 8.09. The van der Waals surface area contributed by atoms with E-state index in [0.717, 1.165) is 68.4 Å². The molecule has 3 aromatic rings. The smallest absolute Gasteiger partial charge is 0.266 e. The molecule has 2 saturated heterocycles. The third kappa shape index (κ3) is 3.62. The zero-order valence-corrected chi connectivity index (χ0v) is 16.7. The van der Waals surface area contributed by atoms with Crippen molar-refractivity contribution in [3.8, 4) is 0 Å². The van der Waals surface area contributed by atoms with Gasteiger partial charge in [0.25, 0.3) is 5.56 Å². The van der Waals surface area contributed by atoms with Crippen molar-refractivity contribution in [1.29, 1.82) is 0 Å². The van der Waals surface area contributed by atoms with Crippen molar-refractivity contribution in [2.45, 2.75) is 38.1 Å². The molecule has 5 rings (SSSR count). The molecule has 0 bridgehead atoms. The number of hydrogen-bond donors (Lipinski definition) is 0. The van der Waals surface area contributed by atoms with Gasteiger partial charge in [-0.25, -0.2) is 4.68 Å².